The van der Waals surface area contributed by atoms with E-state index in [0.29, 0.717) is 36.9 Å². The molecule has 1 aromatic carbocycles. The fourth-order valence-corrected chi connectivity index (χ4v) is 5.34. The Hall–Kier alpha value is -0.940. The first-order valence-electron chi connectivity index (χ1n) is 10.1. The van der Waals surface area contributed by atoms with Crippen molar-refractivity contribution in [3.05, 3.63) is 35.9 Å². The van der Waals surface area contributed by atoms with Gasteiger partial charge < -0.3 is 9.47 Å². The molecule has 3 saturated heterocycles. The molecular weight excluding hydrogens is 328 g/mol. The van der Waals surface area contributed by atoms with E-state index >= 15 is 0 Å². The average Bonchev–Trinajstić information content (AvgIpc) is 2.90. The van der Waals surface area contributed by atoms with E-state index in [-0.39, 0.29) is 5.60 Å². The highest BCUT2D eigenvalue weighted by Gasteiger charge is 2.60. The van der Waals surface area contributed by atoms with Crippen LogP contribution in [0.1, 0.15) is 52.0 Å². The summed E-state index contributed by atoms with van der Waals surface area (Å²) in [5.41, 5.74) is 0.905. The normalized spacial score (nSPS) is 40.7. The second-order valence-electron chi connectivity index (χ2n) is 8.83. The molecule has 1 aromatic rings. The van der Waals surface area contributed by atoms with Crippen LogP contribution in [-0.4, -0.2) is 24.6 Å². The summed E-state index contributed by atoms with van der Waals surface area (Å²) in [5.74, 6) is 1.39. The third kappa shape index (κ3) is 3.33. The van der Waals surface area contributed by atoms with Crippen molar-refractivity contribution in [1.29, 1.82) is 0 Å². The monoisotopic (exact) mass is 360 g/mol. The van der Waals surface area contributed by atoms with Gasteiger partial charge in [-0.3, -0.25) is 0 Å². The van der Waals surface area contributed by atoms with Gasteiger partial charge in [-0.25, -0.2) is 9.78 Å². The number of fused-ring (bicyclic) bond motifs is 3. The zero-order valence-corrected chi connectivity index (χ0v) is 16.3. The minimum absolute atomic E-state index is 0.316. The fraction of sp³-hybridized carbons (Fsp3) is 0.727. The Morgan fingerprint density at radius 2 is 1.96 bits per heavy atom. The zero-order chi connectivity index (χ0) is 18.2. The Kier molecular flexibility index (Phi) is 5.13. The lowest BCUT2D eigenvalue weighted by Gasteiger charge is -2.53. The first-order chi connectivity index (χ1) is 12.5. The second-order valence-corrected chi connectivity index (χ2v) is 8.83. The molecule has 4 fully saturated rings. The number of rotatable bonds is 5. The summed E-state index contributed by atoms with van der Waals surface area (Å²) in [6, 6.07) is 10.4. The van der Waals surface area contributed by atoms with Gasteiger partial charge in [0.05, 0.1) is 13.2 Å². The average molecular weight is 360 g/mol. The highest BCUT2D eigenvalue weighted by atomic mass is 17.2. The summed E-state index contributed by atoms with van der Waals surface area (Å²) in [6.07, 6.45) is 4.43. The number of hydrogen-bond donors (Lipinski definition) is 0. The molecule has 1 aliphatic carbocycles. The second kappa shape index (κ2) is 7.23. The minimum atomic E-state index is -0.570. The molecule has 144 valence electrons. The van der Waals surface area contributed by atoms with Gasteiger partial charge in [-0.1, -0.05) is 44.2 Å². The van der Waals surface area contributed by atoms with Gasteiger partial charge in [-0.15, -0.1) is 0 Å². The van der Waals surface area contributed by atoms with Gasteiger partial charge in [0, 0.05) is 13.0 Å². The summed E-state index contributed by atoms with van der Waals surface area (Å²) in [5, 5.41) is 0. The SMILES string of the molecule is C[C@@H]1CC[C@@H]([C@@H](C)COCc2ccccc2)[C@@]23CO[C@@](C)(CC[C@@H]12)OO3. The molecule has 5 rings (SSSR count). The van der Waals surface area contributed by atoms with Crippen molar-refractivity contribution >= 4 is 0 Å². The van der Waals surface area contributed by atoms with Gasteiger partial charge in [0.15, 0.2) is 5.79 Å². The van der Waals surface area contributed by atoms with Gasteiger partial charge >= 0.3 is 0 Å². The lowest BCUT2D eigenvalue weighted by molar-refractivity contribution is -0.517. The molecule has 1 saturated carbocycles. The van der Waals surface area contributed by atoms with Crippen LogP contribution in [0.15, 0.2) is 30.3 Å². The first kappa shape index (κ1) is 18.4. The van der Waals surface area contributed by atoms with Gasteiger partial charge in [0.25, 0.3) is 0 Å². The maximum atomic E-state index is 6.18. The van der Waals surface area contributed by atoms with E-state index < -0.39 is 5.79 Å². The Balaban J connectivity index is 1.45. The molecule has 4 nitrogen and oxygen atoms in total. The first-order valence-corrected chi connectivity index (χ1v) is 10.1. The van der Waals surface area contributed by atoms with Crippen molar-refractivity contribution in [3.8, 4) is 0 Å². The van der Waals surface area contributed by atoms with Gasteiger partial charge in [-0.05, 0) is 55.4 Å². The number of benzene rings is 1. The molecule has 0 aromatic heterocycles. The Morgan fingerprint density at radius 1 is 1.15 bits per heavy atom. The van der Waals surface area contributed by atoms with E-state index in [1.807, 2.05) is 13.0 Å². The topological polar surface area (TPSA) is 36.9 Å². The van der Waals surface area contributed by atoms with Crippen LogP contribution in [0.3, 0.4) is 0 Å². The van der Waals surface area contributed by atoms with E-state index in [9.17, 15) is 0 Å². The summed E-state index contributed by atoms with van der Waals surface area (Å²) in [7, 11) is 0. The smallest absolute Gasteiger partial charge is 0.198 e. The van der Waals surface area contributed by atoms with Gasteiger partial charge in [0.1, 0.15) is 5.60 Å². The molecule has 4 heteroatoms. The minimum Gasteiger partial charge on any atom is -0.376 e. The lowest BCUT2D eigenvalue weighted by Crippen LogP contribution is -2.60. The van der Waals surface area contributed by atoms with Gasteiger partial charge in [0.2, 0.25) is 0 Å². The molecule has 4 aliphatic rings. The van der Waals surface area contributed by atoms with Crippen LogP contribution in [0, 0.1) is 23.7 Å². The predicted octanol–water partition coefficient (Wildman–Crippen LogP) is 4.73. The van der Waals surface area contributed by atoms with Crippen LogP contribution in [0.2, 0.25) is 0 Å². The predicted molar refractivity (Wildman–Crippen MR) is 99.1 cm³/mol. The fourth-order valence-electron chi connectivity index (χ4n) is 5.34. The van der Waals surface area contributed by atoms with Crippen LogP contribution in [0.25, 0.3) is 0 Å². The molecule has 0 radical (unpaired) electrons. The van der Waals surface area contributed by atoms with Crippen LogP contribution < -0.4 is 0 Å². The highest BCUT2D eigenvalue weighted by molar-refractivity contribution is 5.13. The van der Waals surface area contributed by atoms with Crippen LogP contribution in [0.5, 0.6) is 0 Å². The van der Waals surface area contributed by atoms with E-state index in [2.05, 4.69) is 38.1 Å². The van der Waals surface area contributed by atoms with Crippen molar-refractivity contribution in [2.75, 3.05) is 13.2 Å². The van der Waals surface area contributed by atoms with Gasteiger partial charge in [-0.2, -0.15) is 0 Å². The quantitative estimate of drug-likeness (QED) is 0.712. The van der Waals surface area contributed by atoms with E-state index in [4.69, 9.17) is 19.2 Å². The molecule has 2 bridgehead atoms. The molecular formula is C22H32O4. The molecule has 26 heavy (non-hydrogen) atoms. The summed E-state index contributed by atoms with van der Waals surface area (Å²) in [4.78, 5) is 12.0. The van der Waals surface area contributed by atoms with Crippen LogP contribution in [-0.2, 0) is 25.9 Å². The molecule has 3 aliphatic heterocycles. The van der Waals surface area contributed by atoms with Crippen LogP contribution >= 0.6 is 0 Å². The largest absolute Gasteiger partial charge is 0.376 e. The molecule has 0 amide bonds. The summed E-state index contributed by atoms with van der Waals surface area (Å²) < 4.78 is 12.2. The van der Waals surface area contributed by atoms with Crippen molar-refractivity contribution < 1.29 is 19.2 Å². The molecule has 1 spiro atoms. The Morgan fingerprint density at radius 3 is 2.69 bits per heavy atom. The molecule has 3 heterocycles. The maximum absolute atomic E-state index is 6.18. The Bertz CT molecular complexity index is 593. The van der Waals surface area contributed by atoms with Crippen molar-refractivity contribution in [2.45, 2.75) is 64.4 Å². The summed E-state index contributed by atoms with van der Waals surface area (Å²) in [6.45, 7) is 8.71. The number of hydrogen-bond acceptors (Lipinski definition) is 4. The molecule has 0 unspecified atom stereocenters. The van der Waals surface area contributed by atoms with E-state index in [1.165, 1.54) is 12.0 Å². The maximum Gasteiger partial charge on any atom is 0.198 e. The lowest BCUT2D eigenvalue weighted by atomic mass is 9.60. The highest BCUT2D eigenvalue weighted by Crippen LogP contribution is 2.55. The standard InChI is InChI=1S/C22H32O4/c1-16-9-10-19(17(2)13-23-14-18-7-5-4-6-8-18)22-15-24-21(3,25-26-22)12-11-20(16)22/h4-8,16-17,19-20H,9-15H2,1-3H3/t16-,17+,19+,20+,21-,22+/m1/s1. The zero-order valence-electron chi connectivity index (χ0n) is 16.3. The van der Waals surface area contributed by atoms with E-state index in [1.54, 1.807) is 0 Å². The third-order valence-corrected chi connectivity index (χ3v) is 6.94. The van der Waals surface area contributed by atoms with Crippen molar-refractivity contribution in [1.82, 2.24) is 0 Å². The molecule has 0 N–H and O–H groups in total. The van der Waals surface area contributed by atoms with Crippen LogP contribution in [0.4, 0.5) is 0 Å². The summed E-state index contributed by atoms with van der Waals surface area (Å²) >= 11 is 0. The van der Waals surface area contributed by atoms with Crippen molar-refractivity contribution in [2.24, 2.45) is 23.7 Å². The molecule has 6 atom stereocenters. The third-order valence-electron chi connectivity index (χ3n) is 6.94. The Labute approximate surface area is 157 Å². The van der Waals surface area contributed by atoms with Crippen molar-refractivity contribution in [3.63, 3.8) is 0 Å². The number of ether oxygens (including phenoxy) is 2. The van der Waals surface area contributed by atoms with E-state index in [0.717, 1.165) is 25.9 Å².